The van der Waals surface area contributed by atoms with Crippen molar-refractivity contribution in [3.8, 4) is 0 Å². The number of rotatable bonds is 4. The van der Waals surface area contributed by atoms with E-state index in [1.165, 1.54) is 24.6 Å². The first kappa shape index (κ1) is 16.8. The van der Waals surface area contributed by atoms with Crippen LogP contribution >= 0.6 is 11.3 Å². The highest BCUT2D eigenvalue weighted by atomic mass is 32.1. The second-order valence-electron chi connectivity index (χ2n) is 6.04. The van der Waals surface area contributed by atoms with Crippen molar-refractivity contribution >= 4 is 23.1 Å². The van der Waals surface area contributed by atoms with E-state index in [9.17, 15) is 9.18 Å². The molecule has 0 saturated carbocycles. The van der Waals surface area contributed by atoms with E-state index in [1.54, 1.807) is 0 Å². The maximum absolute atomic E-state index is 14.6. The normalized spacial score (nSPS) is 20.4. The Kier molecular flexibility index (Phi) is 4.49. The average molecular weight is 349 g/mol. The molecule has 1 aliphatic heterocycles. The van der Waals surface area contributed by atoms with Crippen LogP contribution < -0.4 is 10.2 Å². The molecule has 1 saturated heterocycles. The fraction of sp³-hybridized carbons (Fsp3) is 0.500. The van der Waals surface area contributed by atoms with Crippen molar-refractivity contribution in [2.75, 3.05) is 18.0 Å². The van der Waals surface area contributed by atoms with E-state index in [1.807, 2.05) is 24.1 Å². The lowest BCUT2D eigenvalue weighted by Gasteiger charge is -2.28. The Hall–Kier alpha value is -2.09. The first-order valence-electron chi connectivity index (χ1n) is 7.91. The minimum atomic E-state index is -0.603. The van der Waals surface area contributed by atoms with E-state index in [0.29, 0.717) is 37.4 Å². The number of anilines is 1. The van der Waals surface area contributed by atoms with Gasteiger partial charge in [0.05, 0.1) is 5.69 Å². The molecular formula is C16H20FN5OS. The summed E-state index contributed by atoms with van der Waals surface area (Å²) in [5.74, 6) is -0.210. The molecule has 2 aromatic heterocycles. The largest absolute Gasteiger partial charge is 0.351 e. The summed E-state index contributed by atoms with van der Waals surface area (Å²) < 4.78 is 14.6. The van der Waals surface area contributed by atoms with Crippen molar-refractivity contribution in [1.82, 2.24) is 20.3 Å². The summed E-state index contributed by atoms with van der Waals surface area (Å²) in [6.07, 6.45) is 2.56. The van der Waals surface area contributed by atoms with Crippen LogP contribution in [0, 0.1) is 12.7 Å². The molecule has 0 aliphatic carbocycles. The van der Waals surface area contributed by atoms with Crippen LogP contribution in [0.5, 0.6) is 0 Å². The van der Waals surface area contributed by atoms with Gasteiger partial charge in [-0.05, 0) is 19.8 Å². The molecule has 3 heterocycles. The summed E-state index contributed by atoms with van der Waals surface area (Å²) in [7, 11) is 0. The summed E-state index contributed by atoms with van der Waals surface area (Å²) in [6.45, 7) is 6.31. The van der Waals surface area contributed by atoms with Crippen LogP contribution in [0.4, 0.5) is 10.2 Å². The van der Waals surface area contributed by atoms with Crippen molar-refractivity contribution in [2.24, 2.45) is 0 Å². The van der Waals surface area contributed by atoms with Crippen LogP contribution in [-0.2, 0) is 16.8 Å². The van der Waals surface area contributed by atoms with Gasteiger partial charge in [-0.1, -0.05) is 6.92 Å². The molecule has 1 unspecified atom stereocenters. The summed E-state index contributed by atoms with van der Waals surface area (Å²) in [6, 6.07) is 0. The van der Waals surface area contributed by atoms with Crippen LogP contribution in [0.2, 0.25) is 0 Å². The molecule has 24 heavy (non-hydrogen) atoms. The van der Waals surface area contributed by atoms with Gasteiger partial charge in [0.25, 0.3) is 0 Å². The minimum absolute atomic E-state index is 0.123. The Morgan fingerprint density at radius 1 is 1.50 bits per heavy atom. The fourth-order valence-electron chi connectivity index (χ4n) is 3.09. The number of carbonyl (C=O) groups is 1. The first-order valence-corrected chi connectivity index (χ1v) is 8.79. The van der Waals surface area contributed by atoms with Crippen LogP contribution in [-0.4, -0.2) is 33.9 Å². The predicted octanol–water partition coefficient (Wildman–Crippen LogP) is 2.18. The zero-order valence-electron chi connectivity index (χ0n) is 14.0. The van der Waals surface area contributed by atoms with Crippen LogP contribution in [0.15, 0.2) is 11.7 Å². The molecule has 1 N–H and O–H groups in total. The molecule has 128 valence electrons. The molecule has 1 fully saturated rings. The highest BCUT2D eigenvalue weighted by Crippen LogP contribution is 2.36. The van der Waals surface area contributed by atoms with Crippen molar-refractivity contribution in [3.63, 3.8) is 0 Å². The summed E-state index contributed by atoms with van der Waals surface area (Å²) >= 11 is 1.52. The van der Waals surface area contributed by atoms with Crippen LogP contribution in [0.3, 0.4) is 0 Å². The second kappa shape index (κ2) is 6.43. The van der Waals surface area contributed by atoms with E-state index in [4.69, 9.17) is 0 Å². The molecule has 6 nitrogen and oxygen atoms in total. The lowest BCUT2D eigenvalue weighted by molar-refractivity contribution is -0.120. The average Bonchev–Trinajstić information content (AvgIpc) is 3.15. The van der Waals surface area contributed by atoms with Crippen molar-refractivity contribution < 1.29 is 9.18 Å². The summed E-state index contributed by atoms with van der Waals surface area (Å²) in [5, 5.41) is 5.84. The minimum Gasteiger partial charge on any atom is -0.351 e. The number of amides is 1. The molecule has 0 bridgehead atoms. The number of carbonyl (C=O) groups excluding carboxylic acids is 1. The van der Waals surface area contributed by atoms with Crippen molar-refractivity contribution in [2.45, 2.75) is 39.2 Å². The molecule has 2 aromatic rings. The van der Waals surface area contributed by atoms with E-state index in [2.05, 4.69) is 20.3 Å². The number of thiazole rings is 1. The van der Waals surface area contributed by atoms with E-state index < -0.39 is 5.54 Å². The molecule has 0 spiro atoms. The van der Waals surface area contributed by atoms with Gasteiger partial charge in [-0.15, -0.1) is 11.3 Å². The zero-order valence-corrected chi connectivity index (χ0v) is 14.8. The number of aryl methyl sites for hydroxylation is 2. The molecule has 0 radical (unpaired) electrons. The van der Waals surface area contributed by atoms with Crippen LogP contribution in [0.25, 0.3) is 0 Å². The van der Waals surface area contributed by atoms with Gasteiger partial charge < -0.3 is 10.2 Å². The van der Waals surface area contributed by atoms with Crippen molar-refractivity contribution in [1.29, 1.82) is 0 Å². The van der Waals surface area contributed by atoms with Crippen molar-refractivity contribution in [3.05, 3.63) is 33.9 Å². The first-order chi connectivity index (χ1) is 11.4. The Morgan fingerprint density at radius 2 is 2.29 bits per heavy atom. The standard InChI is InChI=1S/C16H20FN5OS/c1-4-12-13(17)14(19-9-18-12)22-6-5-16(8-22,21-11(3)23)15-20-10(2)7-24-15/h7,9H,4-6,8H2,1-3H3,(H,21,23). The maximum atomic E-state index is 14.6. The molecule has 8 heteroatoms. The van der Waals surface area contributed by atoms with Gasteiger partial charge in [-0.25, -0.2) is 19.3 Å². The topological polar surface area (TPSA) is 71.0 Å². The zero-order chi connectivity index (χ0) is 17.3. The molecular weight excluding hydrogens is 329 g/mol. The summed E-state index contributed by atoms with van der Waals surface area (Å²) in [5.41, 5.74) is 0.718. The number of aromatic nitrogens is 3. The monoisotopic (exact) mass is 349 g/mol. The van der Waals surface area contributed by atoms with Gasteiger partial charge in [-0.2, -0.15) is 0 Å². The van der Waals surface area contributed by atoms with Gasteiger partial charge in [0.15, 0.2) is 11.6 Å². The molecule has 1 amide bonds. The Morgan fingerprint density at radius 3 is 2.92 bits per heavy atom. The lowest BCUT2D eigenvalue weighted by atomic mass is 9.99. The van der Waals surface area contributed by atoms with E-state index >= 15 is 0 Å². The second-order valence-corrected chi connectivity index (χ2v) is 6.90. The smallest absolute Gasteiger partial charge is 0.217 e. The number of hydrogen-bond acceptors (Lipinski definition) is 6. The highest BCUT2D eigenvalue weighted by molar-refractivity contribution is 7.09. The maximum Gasteiger partial charge on any atom is 0.217 e. The third-order valence-electron chi connectivity index (χ3n) is 4.19. The van der Waals surface area contributed by atoms with Gasteiger partial charge in [0, 0.05) is 31.1 Å². The SMILES string of the molecule is CCc1ncnc(N2CCC(NC(C)=O)(c3nc(C)cs3)C2)c1F. The number of halogens is 1. The van der Waals surface area contributed by atoms with Crippen LogP contribution in [0.1, 0.15) is 36.7 Å². The van der Waals surface area contributed by atoms with Gasteiger partial charge >= 0.3 is 0 Å². The number of nitrogens with zero attached hydrogens (tertiary/aromatic N) is 4. The summed E-state index contributed by atoms with van der Waals surface area (Å²) in [4.78, 5) is 26.3. The van der Waals surface area contributed by atoms with Gasteiger partial charge in [0.2, 0.25) is 5.91 Å². The highest BCUT2D eigenvalue weighted by Gasteiger charge is 2.44. The van der Waals surface area contributed by atoms with Gasteiger partial charge in [0.1, 0.15) is 16.9 Å². The molecule has 3 rings (SSSR count). The molecule has 1 atom stereocenters. The Labute approximate surface area is 144 Å². The fourth-order valence-corrected chi connectivity index (χ4v) is 4.07. The number of hydrogen-bond donors (Lipinski definition) is 1. The Balaban J connectivity index is 1.94. The third-order valence-corrected chi connectivity index (χ3v) is 5.35. The molecule has 1 aliphatic rings. The number of nitrogens with one attached hydrogen (secondary N) is 1. The Bertz CT molecular complexity index is 765. The molecule has 0 aromatic carbocycles. The van der Waals surface area contributed by atoms with E-state index in [0.717, 1.165) is 10.7 Å². The third kappa shape index (κ3) is 2.98. The predicted molar refractivity (Wildman–Crippen MR) is 90.5 cm³/mol. The quantitative estimate of drug-likeness (QED) is 0.916. The van der Waals surface area contributed by atoms with Gasteiger partial charge in [-0.3, -0.25) is 4.79 Å². The lowest BCUT2D eigenvalue weighted by Crippen LogP contribution is -2.47. The van der Waals surface area contributed by atoms with E-state index in [-0.39, 0.29) is 11.7 Å².